The SMILES string of the molecule is Fc1ccccc1COc1cccc(CNCC2CCCO2)c1. The molecule has 0 aliphatic carbocycles. The van der Waals surface area contributed by atoms with Crippen LogP contribution in [0.2, 0.25) is 0 Å². The normalized spacial score (nSPS) is 17.3. The van der Waals surface area contributed by atoms with Crippen molar-refractivity contribution in [3.8, 4) is 5.75 Å². The molecule has 1 fully saturated rings. The molecule has 1 heterocycles. The first kappa shape index (κ1) is 16.0. The number of halogens is 1. The third-order valence-electron chi connectivity index (χ3n) is 3.98. The highest BCUT2D eigenvalue weighted by Crippen LogP contribution is 2.17. The fourth-order valence-corrected chi connectivity index (χ4v) is 2.70. The van der Waals surface area contributed by atoms with Crippen LogP contribution in [0, 0.1) is 5.82 Å². The van der Waals surface area contributed by atoms with Gasteiger partial charge in [0.1, 0.15) is 18.2 Å². The largest absolute Gasteiger partial charge is 0.489 e. The van der Waals surface area contributed by atoms with E-state index in [2.05, 4.69) is 11.4 Å². The van der Waals surface area contributed by atoms with Gasteiger partial charge in [0.15, 0.2) is 0 Å². The highest BCUT2D eigenvalue weighted by atomic mass is 19.1. The zero-order valence-electron chi connectivity index (χ0n) is 13.1. The van der Waals surface area contributed by atoms with Gasteiger partial charge >= 0.3 is 0 Å². The Labute approximate surface area is 136 Å². The maximum atomic E-state index is 13.6. The molecule has 0 aromatic heterocycles. The van der Waals surface area contributed by atoms with Crippen LogP contribution in [0.5, 0.6) is 5.75 Å². The molecule has 1 aliphatic rings. The number of hydrogen-bond acceptors (Lipinski definition) is 3. The van der Waals surface area contributed by atoms with Crippen molar-refractivity contribution < 1.29 is 13.9 Å². The molecule has 1 saturated heterocycles. The van der Waals surface area contributed by atoms with E-state index in [0.29, 0.717) is 11.7 Å². The molecule has 1 N–H and O–H groups in total. The first-order valence-electron chi connectivity index (χ1n) is 8.09. The van der Waals surface area contributed by atoms with Crippen LogP contribution in [-0.2, 0) is 17.9 Å². The van der Waals surface area contributed by atoms with Crippen molar-refractivity contribution in [2.45, 2.75) is 32.1 Å². The summed E-state index contributed by atoms with van der Waals surface area (Å²) in [6, 6.07) is 14.6. The summed E-state index contributed by atoms with van der Waals surface area (Å²) in [5.41, 5.74) is 1.71. The van der Waals surface area contributed by atoms with Crippen LogP contribution in [-0.4, -0.2) is 19.3 Å². The summed E-state index contributed by atoms with van der Waals surface area (Å²) in [5.74, 6) is 0.520. The van der Waals surface area contributed by atoms with E-state index in [0.717, 1.165) is 43.9 Å². The second kappa shape index (κ2) is 8.09. The average molecular weight is 315 g/mol. The lowest BCUT2D eigenvalue weighted by Crippen LogP contribution is -2.25. The van der Waals surface area contributed by atoms with E-state index >= 15 is 0 Å². The van der Waals surface area contributed by atoms with Crippen molar-refractivity contribution in [2.75, 3.05) is 13.2 Å². The van der Waals surface area contributed by atoms with Gasteiger partial charge in [0, 0.05) is 25.3 Å². The highest BCUT2D eigenvalue weighted by molar-refractivity contribution is 5.29. The first-order valence-corrected chi connectivity index (χ1v) is 8.09. The molecule has 23 heavy (non-hydrogen) atoms. The van der Waals surface area contributed by atoms with Gasteiger partial charge < -0.3 is 14.8 Å². The summed E-state index contributed by atoms with van der Waals surface area (Å²) in [5, 5.41) is 3.41. The Bertz CT molecular complexity index is 626. The second-order valence-electron chi connectivity index (χ2n) is 5.79. The minimum Gasteiger partial charge on any atom is -0.489 e. The highest BCUT2D eigenvalue weighted by Gasteiger charge is 2.14. The Morgan fingerprint density at radius 3 is 2.91 bits per heavy atom. The molecule has 0 bridgehead atoms. The Morgan fingerprint density at radius 2 is 2.09 bits per heavy atom. The monoisotopic (exact) mass is 315 g/mol. The molecule has 122 valence electrons. The van der Waals surface area contributed by atoms with E-state index in [1.54, 1.807) is 12.1 Å². The van der Waals surface area contributed by atoms with Crippen molar-refractivity contribution >= 4 is 0 Å². The van der Waals surface area contributed by atoms with E-state index in [1.807, 2.05) is 24.3 Å². The van der Waals surface area contributed by atoms with Crippen LogP contribution in [0.1, 0.15) is 24.0 Å². The van der Waals surface area contributed by atoms with Crippen LogP contribution in [0.3, 0.4) is 0 Å². The predicted molar refractivity (Wildman–Crippen MR) is 87.9 cm³/mol. The summed E-state index contributed by atoms with van der Waals surface area (Å²) >= 11 is 0. The fourth-order valence-electron chi connectivity index (χ4n) is 2.70. The lowest BCUT2D eigenvalue weighted by Gasteiger charge is -2.12. The molecule has 0 amide bonds. The van der Waals surface area contributed by atoms with Crippen LogP contribution in [0.15, 0.2) is 48.5 Å². The number of benzene rings is 2. The lowest BCUT2D eigenvalue weighted by molar-refractivity contribution is 0.110. The molecule has 3 nitrogen and oxygen atoms in total. The lowest BCUT2D eigenvalue weighted by atomic mass is 10.2. The van der Waals surface area contributed by atoms with Gasteiger partial charge in [-0.05, 0) is 36.6 Å². The molecule has 4 heteroatoms. The standard InChI is InChI=1S/C19H22FNO2/c20-19-9-2-1-6-16(19)14-23-17-7-3-5-15(11-17)12-21-13-18-8-4-10-22-18/h1-3,5-7,9,11,18,21H,4,8,10,12-14H2. The smallest absolute Gasteiger partial charge is 0.129 e. The van der Waals surface area contributed by atoms with Crippen LogP contribution in [0.4, 0.5) is 4.39 Å². The average Bonchev–Trinajstić information content (AvgIpc) is 3.08. The van der Waals surface area contributed by atoms with E-state index in [4.69, 9.17) is 9.47 Å². The molecule has 3 rings (SSSR count). The summed E-state index contributed by atoms with van der Waals surface area (Å²) in [4.78, 5) is 0. The van der Waals surface area contributed by atoms with Crippen molar-refractivity contribution in [2.24, 2.45) is 0 Å². The minimum absolute atomic E-state index is 0.234. The summed E-state index contributed by atoms with van der Waals surface area (Å²) in [7, 11) is 0. The van der Waals surface area contributed by atoms with Gasteiger partial charge in [0.25, 0.3) is 0 Å². The Morgan fingerprint density at radius 1 is 1.17 bits per heavy atom. The van der Waals surface area contributed by atoms with E-state index in [9.17, 15) is 4.39 Å². The van der Waals surface area contributed by atoms with E-state index < -0.39 is 0 Å². The van der Waals surface area contributed by atoms with Crippen LogP contribution in [0.25, 0.3) is 0 Å². The molecule has 0 saturated carbocycles. The van der Waals surface area contributed by atoms with Gasteiger partial charge in [-0.1, -0.05) is 30.3 Å². The fraction of sp³-hybridized carbons (Fsp3) is 0.368. The number of nitrogens with one attached hydrogen (secondary N) is 1. The number of ether oxygens (including phenoxy) is 2. The molecular formula is C19H22FNO2. The van der Waals surface area contributed by atoms with Gasteiger partial charge in [0.05, 0.1) is 6.10 Å². The van der Waals surface area contributed by atoms with Crippen molar-refractivity contribution in [3.05, 3.63) is 65.5 Å². The number of rotatable bonds is 7. The van der Waals surface area contributed by atoms with Gasteiger partial charge in [-0.25, -0.2) is 4.39 Å². The third-order valence-corrected chi connectivity index (χ3v) is 3.98. The molecule has 0 spiro atoms. The van der Waals surface area contributed by atoms with Gasteiger partial charge in [-0.2, -0.15) is 0 Å². The maximum absolute atomic E-state index is 13.6. The third kappa shape index (κ3) is 4.78. The Hall–Kier alpha value is -1.91. The maximum Gasteiger partial charge on any atom is 0.129 e. The van der Waals surface area contributed by atoms with Crippen molar-refractivity contribution in [3.63, 3.8) is 0 Å². The Balaban J connectivity index is 1.49. The van der Waals surface area contributed by atoms with E-state index in [-0.39, 0.29) is 12.4 Å². The van der Waals surface area contributed by atoms with Crippen LogP contribution >= 0.6 is 0 Å². The van der Waals surface area contributed by atoms with Gasteiger partial charge in [-0.3, -0.25) is 0 Å². The molecule has 0 radical (unpaired) electrons. The second-order valence-corrected chi connectivity index (χ2v) is 5.79. The molecule has 1 atom stereocenters. The molecule has 1 unspecified atom stereocenters. The summed E-state index contributed by atoms with van der Waals surface area (Å²) in [6.45, 7) is 2.77. The first-order chi connectivity index (χ1) is 11.3. The zero-order chi connectivity index (χ0) is 15.9. The van der Waals surface area contributed by atoms with E-state index in [1.165, 1.54) is 6.07 Å². The molecular weight excluding hydrogens is 293 g/mol. The zero-order valence-corrected chi connectivity index (χ0v) is 13.1. The van der Waals surface area contributed by atoms with Crippen LogP contribution < -0.4 is 10.1 Å². The van der Waals surface area contributed by atoms with Crippen molar-refractivity contribution in [1.82, 2.24) is 5.32 Å². The van der Waals surface area contributed by atoms with Crippen molar-refractivity contribution in [1.29, 1.82) is 0 Å². The minimum atomic E-state index is -0.234. The molecule has 2 aromatic carbocycles. The molecule has 1 aliphatic heterocycles. The predicted octanol–water partition coefficient (Wildman–Crippen LogP) is 3.67. The number of hydrogen-bond donors (Lipinski definition) is 1. The molecule has 2 aromatic rings. The quantitative estimate of drug-likeness (QED) is 0.845. The Kier molecular flexibility index (Phi) is 5.61. The van der Waals surface area contributed by atoms with Gasteiger partial charge in [-0.15, -0.1) is 0 Å². The van der Waals surface area contributed by atoms with Gasteiger partial charge in [0.2, 0.25) is 0 Å². The summed E-state index contributed by atoms with van der Waals surface area (Å²) in [6.07, 6.45) is 2.64. The topological polar surface area (TPSA) is 30.5 Å². The summed E-state index contributed by atoms with van der Waals surface area (Å²) < 4.78 is 24.9.